The lowest BCUT2D eigenvalue weighted by atomic mass is 10.00. The maximum Gasteiger partial charge on any atom is 0.414 e. The number of fused-ring (bicyclic) bond motifs is 3. The van der Waals surface area contributed by atoms with Crippen LogP contribution in [-0.4, -0.2) is 80.0 Å². The van der Waals surface area contributed by atoms with Crippen molar-refractivity contribution in [3.05, 3.63) is 47.5 Å². The van der Waals surface area contributed by atoms with Gasteiger partial charge in [0.05, 0.1) is 0 Å². The van der Waals surface area contributed by atoms with Crippen molar-refractivity contribution in [3.8, 4) is 5.75 Å². The van der Waals surface area contributed by atoms with E-state index in [0.717, 1.165) is 61.4 Å². The average Bonchev–Trinajstić information content (AvgIpc) is 3.21. The van der Waals surface area contributed by atoms with Crippen LogP contribution in [0.5, 0.6) is 5.75 Å². The van der Waals surface area contributed by atoms with Crippen LogP contribution in [0, 0.1) is 13.8 Å². The summed E-state index contributed by atoms with van der Waals surface area (Å²) in [6.45, 7) is 6.73. The van der Waals surface area contributed by atoms with Crippen molar-refractivity contribution in [1.82, 2.24) is 15.3 Å². The molecule has 0 fully saturated rings. The Kier molecular flexibility index (Phi) is 11.6. The maximum atomic E-state index is 9.10. The van der Waals surface area contributed by atoms with Crippen LogP contribution < -0.4 is 15.4 Å². The van der Waals surface area contributed by atoms with E-state index in [0.29, 0.717) is 5.95 Å². The van der Waals surface area contributed by atoms with Gasteiger partial charge in [-0.2, -0.15) is 0 Å². The van der Waals surface area contributed by atoms with Crippen molar-refractivity contribution in [2.75, 3.05) is 25.0 Å². The smallest absolute Gasteiger partial charge is 0.414 e. The molecule has 4 rings (SSSR count). The van der Waals surface area contributed by atoms with Gasteiger partial charge in [0.2, 0.25) is 5.95 Å². The first-order valence-electron chi connectivity index (χ1n) is 11.8. The second kappa shape index (κ2) is 14.9. The summed E-state index contributed by atoms with van der Waals surface area (Å²) in [4.78, 5) is 44.7. The Hall–Kier alpha value is -4.72. The van der Waals surface area contributed by atoms with Crippen LogP contribution in [0.2, 0.25) is 0 Å². The van der Waals surface area contributed by atoms with E-state index in [4.69, 9.17) is 48.8 Å². The van der Waals surface area contributed by atoms with Gasteiger partial charge in [0, 0.05) is 30.9 Å². The highest BCUT2D eigenvalue weighted by Crippen LogP contribution is 2.38. The van der Waals surface area contributed by atoms with Crippen molar-refractivity contribution >= 4 is 40.8 Å². The highest BCUT2D eigenvalue weighted by atomic mass is 16.5. The molecular weight excluding hydrogens is 516 g/mol. The summed E-state index contributed by atoms with van der Waals surface area (Å²) in [5.74, 6) is -4.71. The molecule has 0 saturated heterocycles. The Morgan fingerprint density at radius 3 is 2.15 bits per heavy atom. The molecule has 0 saturated carbocycles. The molecule has 3 heterocycles. The molecule has 1 aliphatic rings. The number of carboxylic acids is 4. The van der Waals surface area contributed by atoms with E-state index in [1.54, 1.807) is 12.4 Å². The highest BCUT2D eigenvalue weighted by molar-refractivity contribution is 6.27. The topological polar surface area (TPSA) is 221 Å². The molecule has 0 spiro atoms. The summed E-state index contributed by atoms with van der Waals surface area (Å²) in [6.07, 6.45) is 6.72. The van der Waals surface area contributed by atoms with Gasteiger partial charge in [-0.15, -0.1) is 0 Å². The predicted molar refractivity (Wildman–Crippen MR) is 137 cm³/mol. The number of nitrogens with zero attached hydrogens (tertiary/aromatic N) is 2. The molecule has 2 aromatic heterocycles. The molecule has 1 atom stereocenters. The van der Waals surface area contributed by atoms with E-state index in [2.05, 4.69) is 39.7 Å². The first kappa shape index (κ1) is 30.5. The monoisotopic (exact) mass is 546 g/mol. The van der Waals surface area contributed by atoms with E-state index in [-0.39, 0.29) is 6.10 Å². The quantitative estimate of drug-likeness (QED) is 0.184. The first-order valence-corrected chi connectivity index (χ1v) is 11.8. The minimum absolute atomic E-state index is 0.180. The molecule has 0 amide bonds. The normalized spacial score (nSPS) is 13.4. The first-order chi connectivity index (χ1) is 18.5. The Balaban J connectivity index is 0.000000374. The molecule has 1 aliphatic heterocycles. The molecule has 1 unspecified atom stereocenters. The van der Waals surface area contributed by atoms with Crippen molar-refractivity contribution in [2.45, 2.75) is 39.2 Å². The number of furan rings is 1. The molecule has 0 aliphatic carbocycles. The van der Waals surface area contributed by atoms with E-state index in [1.807, 2.05) is 13.0 Å². The second-order valence-electron chi connectivity index (χ2n) is 8.27. The van der Waals surface area contributed by atoms with E-state index in [1.165, 1.54) is 11.1 Å². The van der Waals surface area contributed by atoms with Crippen molar-refractivity contribution < 1.29 is 48.8 Å². The van der Waals surface area contributed by atoms with Gasteiger partial charge < -0.3 is 40.2 Å². The van der Waals surface area contributed by atoms with Gasteiger partial charge >= 0.3 is 23.9 Å². The molecule has 14 heteroatoms. The minimum atomic E-state index is -1.82. The number of aromatic nitrogens is 2. The average molecular weight is 547 g/mol. The molecule has 1 aromatic carbocycles. The fraction of sp³-hybridized carbons (Fsp3) is 0.360. The number of ether oxygens (including phenoxy) is 1. The maximum absolute atomic E-state index is 9.10. The number of nitrogens with one attached hydrogen (secondary N) is 2. The number of aliphatic carboxylic acids is 4. The SMILES string of the molecule is Cc1oc2c3c(ccc2c1C)CCC(CNCCCNc1ncccn1)O3.O=C(O)C(=O)O.O=C(O)C(=O)O. The van der Waals surface area contributed by atoms with Crippen LogP contribution in [-0.2, 0) is 25.6 Å². The molecule has 0 radical (unpaired) electrons. The number of hydrogen-bond donors (Lipinski definition) is 6. The van der Waals surface area contributed by atoms with Gasteiger partial charge in [-0.25, -0.2) is 29.1 Å². The summed E-state index contributed by atoms with van der Waals surface area (Å²) in [6, 6.07) is 6.15. The van der Waals surface area contributed by atoms with Crippen LogP contribution in [0.3, 0.4) is 0 Å². The third-order valence-electron chi connectivity index (χ3n) is 5.52. The highest BCUT2D eigenvalue weighted by Gasteiger charge is 2.24. The molecule has 210 valence electrons. The third kappa shape index (κ3) is 9.59. The number of hydrogen-bond acceptors (Lipinski definition) is 10. The van der Waals surface area contributed by atoms with E-state index >= 15 is 0 Å². The Bertz CT molecular complexity index is 1240. The van der Waals surface area contributed by atoms with Gasteiger partial charge in [-0.3, -0.25) is 0 Å². The van der Waals surface area contributed by atoms with Gasteiger partial charge in [0.1, 0.15) is 11.9 Å². The fourth-order valence-electron chi connectivity index (χ4n) is 3.50. The Labute approximate surface area is 222 Å². The second-order valence-corrected chi connectivity index (χ2v) is 8.27. The lowest BCUT2D eigenvalue weighted by molar-refractivity contribution is -0.159. The fourth-order valence-corrected chi connectivity index (χ4v) is 3.50. The van der Waals surface area contributed by atoms with Gasteiger partial charge in [-0.05, 0) is 56.8 Å². The van der Waals surface area contributed by atoms with Gasteiger partial charge in [0.25, 0.3) is 0 Å². The Morgan fingerprint density at radius 1 is 0.949 bits per heavy atom. The van der Waals surface area contributed by atoms with Crippen LogP contribution in [0.4, 0.5) is 5.95 Å². The van der Waals surface area contributed by atoms with Crippen LogP contribution in [0.15, 0.2) is 35.0 Å². The third-order valence-corrected chi connectivity index (χ3v) is 5.52. The van der Waals surface area contributed by atoms with Gasteiger partial charge in [-0.1, -0.05) is 12.1 Å². The van der Waals surface area contributed by atoms with Crippen molar-refractivity contribution in [1.29, 1.82) is 0 Å². The summed E-state index contributed by atoms with van der Waals surface area (Å²) < 4.78 is 12.3. The molecule has 14 nitrogen and oxygen atoms in total. The van der Waals surface area contributed by atoms with Gasteiger partial charge in [0.15, 0.2) is 11.3 Å². The standard InChI is InChI=1S/C21H26N4O2.2C2H2O4/c1-14-15(2)26-20-18(14)8-6-16-5-7-17(27-19(16)20)13-22-9-3-10-23-21-24-11-4-12-25-21;2*3-1(4)2(5)6/h4,6,8,11-12,17,22H,3,5,7,9-10,13H2,1-2H3,(H,23,24,25);2*(H,3,4)(H,5,6). The molecular formula is C25H30N4O10. The molecule has 39 heavy (non-hydrogen) atoms. The lowest BCUT2D eigenvalue weighted by Crippen LogP contribution is -2.35. The molecule has 3 aromatic rings. The minimum Gasteiger partial charge on any atom is -0.485 e. The van der Waals surface area contributed by atoms with E-state index < -0.39 is 23.9 Å². The molecule has 0 bridgehead atoms. The lowest BCUT2D eigenvalue weighted by Gasteiger charge is -2.26. The zero-order chi connectivity index (χ0) is 28.9. The number of anilines is 1. The Morgan fingerprint density at radius 2 is 1.56 bits per heavy atom. The summed E-state index contributed by atoms with van der Waals surface area (Å²) in [7, 11) is 0. The van der Waals surface area contributed by atoms with Crippen molar-refractivity contribution in [2.24, 2.45) is 0 Å². The predicted octanol–water partition coefficient (Wildman–Crippen LogP) is 1.94. The van der Waals surface area contributed by atoms with E-state index in [9.17, 15) is 0 Å². The van der Waals surface area contributed by atoms with Crippen LogP contribution in [0.1, 0.15) is 29.7 Å². The largest absolute Gasteiger partial charge is 0.485 e. The summed E-state index contributed by atoms with van der Waals surface area (Å²) in [5, 5.41) is 37.4. The summed E-state index contributed by atoms with van der Waals surface area (Å²) in [5.41, 5.74) is 3.35. The molecule has 6 N–H and O–H groups in total. The zero-order valence-corrected chi connectivity index (χ0v) is 21.3. The van der Waals surface area contributed by atoms with Crippen LogP contribution in [0.25, 0.3) is 11.0 Å². The number of carbonyl (C=O) groups is 4. The number of benzene rings is 1. The number of carboxylic acid groups (broad SMARTS) is 4. The van der Waals surface area contributed by atoms with Crippen molar-refractivity contribution in [3.63, 3.8) is 0 Å². The summed E-state index contributed by atoms with van der Waals surface area (Å²) >= 11 is 0. The van der Waals surface area contributed by atoms with Crippen LogP contribution >= 0.6 is 0 Å². The number of rotatable bonds is 7. The zero-order valence-electron chi connectivity index (χ0n) is 21.3. The number of aryl methyl sites for hydroxylation is 3.